The molecular formula is C16H31N3O. The van der Waals surface area contributed by atoms with Crippen molar-refractivity contribution in [3.05, 3.63) is 0 Å². The number of nitrogens with one attached hydrogen (secondary N) is 1. The molecule has 2 rings (SSSR count). The van der Waals surface area contributed by atoms with Crippen LogP contribution in [0.25, 0.3) is 0 Å². The first-order chi connectivity index (χ1) is 9.79. The lowest BCUT2D eigenvalue weighted by Gasteiger charge is -2.34. The lowest BCUT2D eigenvalue weighted by atomic mass is 9.94. The second kappa shape index (κ2) is 8.63. The molecule has 2 fully saturated rings. The van der Waals surface area contributed by atoms with E-state index in [1.807, 2.05) is 0 Å². The van der Waals surface area contributed by atoms with Gasteiger partial charge in [-0.25, -0.2) is 0 Å². The molecule has 0 radical (unpaired) electrons. The zero-order valence-corrected chi connectivity index (χ0v) is 12.8. The van der Waals surface area contributed by atoms with Gasteiger partial charge in [0.05, 0.1) is 6.54 Å². The van der Waals surface area contributed by atoms with E-state index in [9.17, 15) is 4.79 Å². The Balaban J connectivity index is 1.78. The number of nitrogens with zero attached hydrogens (tertiary/aromatic N) is 1. The molecule has 3 N–H and O–H groups in total. The molecule has 4 nitrogen and oxygen atoms in total. The number of hydrogen-bond donors (Lipinski definition) is 2. The molecule has 1 amide bonds. The van der Waals surface area contributed by atoms with E-state index in [0.29, 0.717) is 25.2 Å². The fourth-order valence-electron chi connectivity index (χ4n) is 3.71. The molecular weight excluding hydrogens is 250 g/mol. The van der Waals surface area contributed by atoms with Crippen molar-refractivity contribution in [3.8, 4) is 0 Å². The van der Waals surface area contributed by atoms with Gasteiger partial charge in [0.2, 0.25) is 5.91 Å². The summed E-state index contributed by atoms with van der Waals surface area (Å²) in [5, 5.41) is 3.23. The first-order valence-corrected chi connectivity index (χ1v) is 8.53. The maximum Gasteiger partial charge on any atom is 0.234 e. The fourth-order valence-corrected chi connectivity index (χ4v) is 3.71. The highest BCUT2D eigenvalue weighted by atomic mass is 16.2. The van der Waals surface area contributed by atoms with Crippen LogP contribution in [0.5, 0.6) is 0 Å². The van der Waals surface area contributed by atoms with E-state index >= 15 is 0 Å². The lowest BCUT2D eigenvalue weighted by molar-refractivity contribution is -0.123. The van der Waals surface area contributed by atoms with Crippen LogP contribution in [-0.2, 0) is 4.79 Å². The summed E-state index contributed by atoms with van der Waals surface area (Å²) in [7, 11) is 0. The average molecular weight is 281 g/mol. The normalized spacial score (nSPS) is 22.1. The van der Waals surface area contributed by atoms with Crippen molar-refractivity contribution in [2.75, 3.05) is 19.6 Å². The number of hydrogen-bond acceptors (Lipinski definition) is 3. The molecule has 0 saturated heterocycles. The summed E-state index contributed by atoms with van der Waals surface area (Å²) in [6.07, 6.45) is 12.6. The quantitative estimate of drug-likeness (QED) is 0.783. The number of rotatable bonds is 6. The van der Waals surface area contributed by atoms with E-state index in [1.165, 1.54) is 51.4 Å². The maximum absolute atomic E-state index is 12.2. The van der Waals surface area contributed by atoms with Crippen molar-refractivity contribution in [1.82, 2.24) is 10.2 Å². The standard InChI is InChI=1S/C16H31N3O/c17-11-12-19(15-9-5-2-6-10-15)13-16(20)18-14-7-3-1-4-8-14/h14-15H,1-13,17H2,(H,18,20). The van der Waals surface area contributed by atoms with Crippen LogP contribution in [0, 0.1) is 0 Å². The first kappa shape index (κ1) is 15.8. The van der Waals surface area contributed by atoms with Gasteiger partial charge in [-0.05, 0) is 25.7 Å². The van der Waals surface area contributed by atoms with E-state index in [0.717, 1.165) is 19.4 Å². The minimum atomic E-state index is 0.205. The van der Waals surface area contributed by atoms with Gasteiger partial charge in [0.15, 0.2) is 0 Å². The molecule has 2 aliphatic rings. The van der Waals surface area contributed by atoms with Gasteiger partial charge in [-0.2, -0.15) is 0 Å². The van der Waals surface area contributed by atoms with Gasteiger partial charge in [0.25, 0.3) is 0 Å². The molecule has 2 saturated carbocycles. The highest BCUT2D eigenvalue weighted by Crippen LogP contribution is 2.22. The second-order valence-corrected chi connectivity index (χ2v) is 6.45. The molecule has 0 aromatic carbocycles. The highest BCUT2D eigenvalue weighted by molar-refractivity contribution is 5.78. The molecule has 0 aromatic rings. The number of carbonyl (C=O) groups is 1. The Bertz CT molecular complexity index is 283. The minimum absolute atomic E-state index is 0.205. The summed E-state index contributed by atoms with van der Waals surface area (Å²) in [6.45, 7) is 2.04. The Morgan fingerprint density at radius 2 is 1.60 bits per heavy atom. The largest absolute Gasteiger partial charge is 0.352 e. The zero-order valence-electron chi connectivity index (χ0n) is 12.8. The Morgan fingerprint density at radius 1 is 1.00 bits per heavy atom. The van der Waals surface area contributed by atoms with E-state index in [4.69, 9.17) is 5.73 Å². The molecule has 2 aliphatic carbocycles. The third-order valence-electron chi connectivity index (χ3n) is 4.82. The smallest absolute Gasteiger partial charge is 0.234 e. The predicted octanol–water partition coefficient (Wildman–Crippen LogP) is 2.03. The molecule has 4 heteroatoms. The molecule has 0 aliphatic heterocycles. The third-order valence-corrected chi connectivity index (χ3v) is 4.82. The van der Waals surface area contributed by atoms with Crippen LogP contribution in [-0.4, -0.2) is 42.5 Å². The van der Waals surface area contributed by atoms with Crippen LogP contribution >= 0.6 is 0 Å². The maximum atomic E-state index is 12.2. The van der Waals surface area contributed by atoms with Crippen LogP contribution in [0.2, 0.25) is 0 Å². The number of nitrogens with two attached hydrogens (primary N) is 1. The summed E-state index contributed by atoms with van der Waals surface area (Å²) in [5.41, 5.74) is 5.72. The highest BCUT2D eigenvalue weighted by Gasteiger charge is 2.23. The van der Waals surface area contributed by atoms with Crippen molar-refractivity contribution in [2.45, 2.75) is 76.3 Å². The van der Waals surface area contributed by atoms with Crippen LogP contribution in [0.4, 0.5) is 0 Å². The van der Waals surface area contributed by atoms with Gasteiger partial charge < -0.3 is 11.1 Å². The second-order valence-electron chi connectivity index (χ2n) is 6.45. The molecule has 0 heterocycles. The molecule has 20 heavy (non-hydrogen) atoms. The molecule has 0 spiro atoms. The average Bonchev–Trinajstić information content (AvgIpc) is 2.49. The number of amides is 1. The predicted molar refractivity (Wildman–Crippen MR) is 82.5 cm³/mol. The van der Waals surface area contributed by atoms with Gasteiger partial charge in [-0.15, -0.1) is 0 Å². The van der Waals surface area contributed by atoms with E-state index in [1.54, 1.807) is 0 Å². The molecule has 0 bridgehead atoms. The Morgan fingerprint density at radius 3 is 2.20 bits per heavy atom. The van der Waals surface area contributed by atoms with Crippen molar-refractivity contribution in [3.63, 3.8) is 0 Å². The van der Waals surface area contributed by atoms with Gasteiger partial charge in [-0.1, -0.05) is 38.5 Å². The summed E-state index contributed by atoms with van der Waals surface area (Å²) < 4.78 is 0. The number of carbonyl (C=O) groups excluding carboxylic acids is 1. The van der Waals surface area contributed by atoms with Crippen molar-refractivity contribution in [1.29, 1.82) is 0 Å². The zero-order chi connectivity index (χ0) is 14.2. The van der Waals surface area contributed by atoms with Crippen molar-refractivity contribution in [2.24, 2.45) is 5.73 Å². The summed E-state index contributed by atoms with van der Waals surface area (Å²) in [6, 6.07) is 0.992. The summed E-state index contributed by atoms with van der Waals surface area (Å²) in [5.74, 6) is 0.205. The van der Waals surface area contributed by atoms with Gasteiger partial charge in [0.1, 0.15) is 0 Å². The Kier molecular flexibility index (Phi) is 6.80. The van der Waals surface area contributed by atoms with E-state index in [-0.39, 0.29) is 5.91 Å². The van der Waals surface area contributed by atoms with Crippen LogP contribution in [0.3, 0.4) is 0 Å². The summed E-state index contributed by atoms with van der Waals surface area (Å²) in [4.78, 5) is 14.6. The van der Waals surface area contributed by atoms with Crippen LogP contribution < -0.4 is 11.1 Å². The van der Waals surface area contributed by atoms with Gasteiger partial charge in [0, 0.05) is 25.2 Å². The van der Waals surface area contributed by atoms with E-state index < -0.39 is 0 Å². The SMILES string of the molecule is NCCN(CC(=O)NC1CCCCC1)C1CCCCC1. The Hall–Kier alpha value is -0.610. The molecule has 0 atom stereocenters. The lowest BCUT2D eigenvalue weighted by Crippen LogP contribution is -2.48. The minimum Gasteiger partial charge on any atom is -0.352 e. The van der Waals surface area contributed by atoms with Crippen LogP contribution in [0.1, 0.15) is 64.2 Å². The molecule has 0 aromatic heterocycles. The van der Waals surface area contributed by atoms with Gasteiger partial charge in [-0.3, -0.25) is 9.69 Å². The monoisotopic (exact) mass is 281 g/mol. The topological polar surface area (TPSA) is 58.4 Å². The van der Waals surface area contributed by atoms with Gasteiger partial charge >= 0.3 is 0 Å². The van der Waals surface area contributed by atoms with Crippen molar-refractivity contribution >= 4 is 5.91 Å². The van der Waals surface area contributed by atoms with Crippen molar-refractivity contribution < 1.29 is 4.79 Å². The molecule has 0 unspecified atom stereocenters. The Labute approximate surface area is 123 Å². The first-order valence-electron chi connectivity index (χ1n) is 8.53. The molecule has 116 valence electrons. The van der Waals surface area contributed by atoms with Crippen LogP contribution in [0.15, 0.2) is 0 Å². The summed E-state index contributed by atoms with van der Waals surface area (Å²) >= 11 is 0. The third kappa shape index (κ3) is 5.06. The van der Waals surface area contributed by atoms with E-state index in [2.05, 4.69) is 10.2 Å². The fraction of sp³-hybridized carbons (Fsp3) is 0.938.